The molecule has 1 atom stereocenters. The summed E-state index contributed by atoms with van der Waals surface area (Å²) >= 11 is 1.57. The molecule has 6 heteroatoms. The molecule has 1 aliphatic rings. The Morgan fingerprint density at radius 3 is 2.96 bits per heavy atom. The van der Waals surface area contributed by atoms with Crippen LogP contribution in [0, 0.1) is 0 Å². The molecule has 2 aromatic heterocycles. The van der Waals surface area contributed by atoms with Crippen LogP contribution in [0.2, 0.25) is 0 Å². The number of thiophene rings is 1. The number of nitrogens with zero attached hydrogens (tertiary/aromatic N) is 4. The van der Waals surface area contributed by atoms with Gasteiger partial charge in [-0.3, -0.25) is 9.48 Å². The van der Waals surface area contributed by atoms with Crippen molar-refractivity contribution in [3.63, 3.8) is 0 Å². The molecule has 0 radical (unpaired) electrons. The lowest BCUT2D eigenvalue weighted by Gasteiger charge is -2.35. The van der Waals surface area contributed by atoms with Crippen molar-refractivity contribution in [2.45, 2.75) is 12.6 Å². The largest absolute Gasteiger partial charge is 0.330 e. The normalized spacial score (nSPS) is 17.5. The number of benzene rings is 1. The molecule has 0 N–H and O–H groups in total. The van der Waals surface area contributed by atoms with Crippen LogP contribution in [0.3, 0.4) is 0 Å². The molecule has 0 fully saturated rings. The van der Waals surface area contributed by atoms with Crippen molar-refractivity contribution in [3.05, 3.63) is 53.2 Å². The summed E-state index contributed by atoms with van der Waals surface area (Å²) in [6.45, 7) is 2.18. The van der Waals surface area contributed by atoms with Gasteiger partial charge in [-0.25, -0.2) is 0 Å². The van der Waals surface area contributed by atoms with E-state index in [2.05, 4.69) is 40.9 Å². The first-order valence-corrected chi connectivity index (χ1v) is 8.88. The molecule has 1 aliphatic heterocycles. The van der Waals surface area contributed by atoms with Crippen molar-refractivity contribution in [3.8, 4) is 0 Å². The molecule has 0 unspecified atom stereocenters. The minimum Gasteiger partial charge on any atom is -0.330 e. The first-order valence-electron chi connectivity index (χ1n) is 8.07. The highest BCUT2D eigenvalue weighted by molar-refractivity contribution is 7.20. The van der Waals surface area contributed by atoms with Crippen LogP contribution in [0.15, 0.2) is 42.6 Å². The molecular weight excluding hydrogens is 320 g/mol. The average molecular weight is 340 g/mol. The summed E-state index contributed by atoms with van der Waals surface area (Å²) in [5, 5.41) is 5.58. The molecule has 5 nitrogen and oxygen atoms in total. The molecule has 0 spiro atoms. The van der Waals surface area contributed by atoms with E-state index in [1.165, 1.54) is 0 Å². The van der Waals surface area contributed by atoms with Crippen LogP contribution in [0.25, 0.3) is 10.1 Å². The molecule has 0 aliphatic carbocycles. The van der Waals surface area contributed by atoms with E-state index in [9.17, 15) is 4.79 Å². The van der Waals surface area contributed by atoms with E-state index >= 15 is 0 Å². The summed E-state index contributed by atoms with van der Waals surface area (Å²) in [6.07, 6.45) is 1.82. The van der Waals surface area contributed by atoms with Crippen molar-refractivity contribution in [2.24, 2.45) is 0 Å². The Labute approximate surface area is 145 Å². The Morgan fingerprint density at radius 1 is 1.33 bits per heavy atom. The van der Waals surface area contributed by atoms with Crippen LogP contribution in [-0.4, -0.2) is 52.7 Å². The molecule has 1 amide bonds. The molecule has 4 rings (SSSR count). The number of aromatic nitrogens is 2. The second kappa shape index (κ2) is 6.03. The number of fused-ring (bicyclic) bond motifs is 2. The molecular formula is C18H20N4OS. The van der Waals surface area contributed by atoms with Crippen molar-refractivity contribution in [2.75, 3.05) is 27.2 Å². The van der Waals surface area contributed by atoms with Crippen LogP contribution in [0.4, 0.5) is 0 Å². The van der Waals surface area contributed by atoms with Gasteiger partial charge in [-0.05, 0) is 37.7 Å². The maximum atomic E-state index is 13.0. The zero-order valence-electron chi connectivity index (χ0n) is 13.8. The van der Waals surface area contributed by atoms with Crippen molar-refractivity contribution in [1.29, 1.82) is 0 Å². The predicted octanol–water partition coefficient (Wildman–Crippen LogP) is 2.86. The highest BCUT2D eigenvalue weighted by Gasteiger charge is 2.30. The first kappa shape index (κ1) is 15.4. The van der Waals surface area contributed by atoms with Gasteiger partial charge < -0.3 is 9.80 Å². The molecule has 0 saturated heterocycles. The van der Waals surface area contributed by atoms with Gasteiger partial charge in [0.05, 0.1) is 23.2 Å². The highest BCUT2D eigenvalue weighted by Crippen LogP contribution is 2.29. The topological polar surface area (TPSA) is 41.4 Å². The second-order valence-corrected chi connectivity index (χ2v) is 7.60. The van der Waals surface area contributed by atoms with Gasteiger partial charge in [0.25, 0.3) is 5.91 Å². The maximum absolute atomic E-state index is 13.0. The third-order valence-electron chi connectivity index (χ3n) is 4.38. The number of carbonyl (C=O) groups is 1. The fourth-order valence-electron chi connectivity index (χ4n) is 3.34. The molecule has 124 valence electrons. The van der Waals surface area contributed by atoms with Crippen molar-refractivity contribution >= 4 is 27.3 Å². The van der Waals surface area contributed by atoms with Gasteiger partial charge in [-0.15, -0.1) is 11.3 Å². The van der Waals surface area contributed by atoms with E-state index in [0.29, 0.717) is 13.1 Å². The lowest BCUT2D eigenvalue weighted by Crippen LogP contribution is -2.44. The van der Waals surface area contributed by atoms with Gasteiger partial charge in [0.2, 0.25) is 0 Å². The highest BCUT2D eigenvalue weighted by atomic mass is 32.1. The van der Waals surface area contributed by atoms with E-state index in [1.807, 2.05) is 35.4 Å². The SMILES string of the molecule is CN(C)C[C@@H]1CN(C(=O)c2cc3ccccc3s2)Cc2ccnn21. The van der Waals surface area contributed by atoms with Gasteiger partial charge in [0, 0.05) is 24.0 Å². The Balaban J connectivity index is 1.63. The predicted molar refractivity (Wildman–Crippen MR) is 96.4 cm³/mol. The van der Waals surface area contributed by atoms with E-state index < -0.39 is 0 Å². The summed E-state index contributed by atoms with van der Waals surface area (Å²) in [6, 6.07) is 12.4. The monoisotopic (exact) mass is 340 g/mol. The lowest BCUT2D eigenvalue weighted by atomic mass is 10.1. The number of carbonyl (C=O) groups excluding carboxylic acids is 1. The van der Waals surface area contributed by atoms with E-state index in [4.69, 9.17) is 0 Å². The molecule has 3 aromatic rings. The first-order chi connectivity index (χ1) is 11.6. The Hall–Kier alpha value is -2.18. The van der Waals surface area contributed by atoms with Crippen LogP contribution < -0.4 is 0 Å². The summed E-state index contributed by atoms with van der Waals surface area (Å²) < 4.78 is 3.22. The van der Waals surface area contributed by atoms with Crippen molar-refractivity contribution in [1.82, 2.24) is 19.6 Å². The third kappa shape index (κ3) is 2.72. The number of amides is 1. The molecule has 3 heterocycles. The van der Waals surface area contributed by atoms with Gasteiger partial charge in [0.1, 0.15) is 0 Å². The summed E-state index contributed by atoms with van der Waals surface area (Å²) in [7, 11) is 4.10. The minimum absolute atomic E-state index is 0.118. The Morgan fingerprint density at radius 2 is 2.17 bits per heavy atom. The fraction of sp³-hybridized carbons (Fsp3) is 0.333. The summed E-state index contributed by atoms with van der Waals surface area (Å²) in [4.78, 5) is 17.9. The summed E-state index contributed by atoms with van der Waals surface area (Å²) in [5.74, 6) is 0.118. The van der Waals surface area contributed by atoms with Crippen LogP contribution in [0.5, 0.6) is 0 Å². The standard InChI is InChI=1S/C18H20N4OS/c1-20(2)10-15-12-21(11-14-7-8-19-22(14)15)18(23)17-9-13-5-3-4-6-16(13)24-17/h3-9,15H,10-12H2,1-2H3/t15-/m1/s1. The van der Waals surface area contributed by atoms with Crippen LogP contribution >= 0.6 is 11.3 Å². The van der Waals surface area contributed by atoms with Gasteiger partial charge in [-0.2, -0.15) is 5.10 Å². The molecule has 0 bridgehead atoms. The fourth-order valence-corrected chi connectivity index (χ4v) is 4.37. The number of rotatable bonds is 3. The lowest BCUT2D eigenvalue weighted by molar-refractivity contribution is 0.0657. The number of likely N-dealkylation sites (N-methyl/N-ethyl adjacent to an activating group) is 1. The van der Waals surface area contributed by atoms with E-state index in [-0.39, 0.29) is 11.9 Å². The molecule has 24 heavy (non-hydrogen) atoms. The smallest absolute Gasteiger partial charge is 0.264 e. The quantitative estimate of drug-likeness (QED) is 0.736. The van der Waals surface area contributed by atoms with Gasteiger partial charge in [-0.1, -0.05) is 18.2 Å². The molecule has 0 saturated carbocycles. The summed E-state index contributed by atoms with van der Waals surface area (Å²) in [5.41, 5.74) is 1.10. The number of hydrogen-bond acceptors (Lipinski definition) is 4. The van der Waals surface area contributed by atoms with E-state index in [1.54, 1.807) is 11.3 Å². The van der Waals surface area contributed by atoms with Gasteiger partial charge >= 0.3 is 0 Å². The zero-order chi connectivity index (χ0) is 16.7. The van der Waals surface area contributed by atoms with Gasteiger partial charge in [0.15, 0.2) is 0 Å². The number of hydrogen-bond donors (Lipinski definition) is 0. The minimum atomic E-state index is 0.118. The average Bonchev–Trinajstić information content (AvgIpc) is 3.19. The third-order valence-corrected chi connectivity index (χ3v) is 5.49. The maximum Gasteiger partial charge on any atom is 0.264 e. The molecule has 1 aromatic carbocycles. The van der Waals surface area contributed by atoms with E-state index in [0.717, 1.165) is 27.2 Å². The van der Waals surface area contributed by atoms with Crippen LogP contribution in [0.1, 0.15) is 21.4 Å². The van der Waals surface area contributed by atoms with Crippen molar-refractivity contribution < 1.29 is 4.79 Å². The zero-order valence-corrected chi connectivity index (χ0v) is 14.7. The Kier molecular flexibility index (Phi) is 3.86. The second-order valence-electron chi connectivity index (χ2n) is 6.52. The Bertz CT molecular complexity index is 849. The van der Waals surface area contributed by atoms with Crippen LogP contribution in [-0.2, 0) is 6.54 Å².